The lowest BCUT2D eigenvalue weighted by molar-refractivity contribution is -0.125. The summed E-state index contributed by atoms with van der Waals surface area (Å²) in [4.78, 5) is 13.8. The van der Waals surface area contributed by atoms with Gasteiger partial charge in [-0.3, -0.25) is 4.79 Å². The van der Waals surface area contributed by atoms with Crippen LogP contribution < -0.4 is 15.4 Å². The lowest BCUT2D eigenvalue weighted by atomic mass is 9.84. The molecule has 4 nitrogen and oxygen atoms in total. The summed E-state index contributed by atoms with van der Waals surface area (Å²) in [6.07, 6.45) is 0.311. The van der Waals surface area contributed by atoms with Crippen molar-refractivity contribution in [3.8, 4) is 5.75 Å². The number of rotatable bonds is 2. The zero-order valence-electron chi connectivity index (χ0n) is 13.0. The Morgan fingerprint density at radius 3 is 2.55 bits per heavy atom. The number of carbonyl (C=O) groups is 1. The number of hydrogen-bond acceptors (Lipinski definition) is 3. The number of nitrogens with zero attached hydrogens (tertiary/aromatic N) is 1. The predicted molar refractivity (Wildman–Crippen MR) is 81.4 cm³/mol. The molecule has 0 fully saturated rings. The first-order chi connectivity index (χ1) is 9.25. The van der Waals surface area contributed by atoms with Crippen LogP contribution in [0.2, 0.25) is 0 Å². The van der Waals surface area contributed by atoms with E-state index in [4.69, 9.17) is 10.5 Å². The van der Waals surface area contributed by atoms with Crippen LogP contribution in [-0.2, 0) is 16.6 Å². The predicted octanol–water partition coefficient (Wildman–Crippen LogP) is 2.23. The van der Waals surface area contributed by atoms with Crippen molar-refractivity contribution in [1.82, 2.24) is 0 Å². The van der Waals surface area contributed by atoms with E-state index >= 15 is 0 Å². The second-order valence-corrected chi connectivity index (χ2v) is 6.43. The Bertz CT molecular complexity index is 532. The van der Waals surface area contributed by atoms with Crippen LogP contribution in [0.5, 0.6) is 5.75 Å². The third-order valence-electron chi connectivity index (χ3n) is 3.76. The summed E-state index contributed by atoms with van der Waals surface area (Å²) in [6, 6.07) is 4.21. The van der Waals surface area contributed by atoms with Crippen molar-refractivity contribution in [1.29, 1.82) is 0 Å². The SMILES string of the molecule is CC1Oc2c(CCN)cc(C(C)(C)C)cc2N(C)C1=O. The first kappa shape index (κ1) is 14.9. The number of likely N-dealkylation sites (N-methyl/N-ethyl adjacent to an activating group) is 1. The number of carbonyl (C=O) groups excluding carboxylic acids is 1. The minimum absolute atomic E-state index is 0.0118. The normalized spacial score (nSPS) is 18.8. The molecule has 1 atom stereocenters. The Labute approximate surface area is 120 Å². The highest BCUT2D eigenvalue weighted by molar-refractivity contribution is 5.99. The number of fused-ring (bicyclic) bond motifs is 1. The van der Waals surface area contributed by atoms with Crippen molar-refractivity contribution in [3.63, 3.8) is 0 Å². The molecule has 110 valence electrons. The van der Waals surface area contributed by atoms with Crippen molar-refractivity contribution in [3.05, 3.63) is 23.3 Å². The minimum atomic E-state index is -0.440. The van der Waals surface area contributed by atoms with Crippen LogP contribution in [0.4, 0.5) is 5.69 Å². The first-order valence-corrected chi connectivity index (χ1v) is 7.07. The summed E-state index contributed by atoms with van der Waals surface area (Å²) < 4.78 is 5.82. The molecule has 1 aromatic carbocycles. The molecule has 0 spiro atoms. The fourth-order valence-electron chi connectivity index (χ4n) is 2.45. The molecule has 4 heteroatoms. The molecule has 0 bridgehead atoms. The molecular formula is C16H24N2O2. The van der Waals surface area contributed by atoms with Gasteiger partial charge in [0.25, 0.3) is 5.91 Å². The smallest absolute Gasteiger partial charge is 0.267 e. The van der Waals surface area contributed by atoms with Gasteiger partial charge in [0, 0.05) is 7.05 Å². The number of amides is 1. The van der Waals surface area contributed by atoms with Gasteiger partial charge in [-0.2, -0.15) is 0 Å². The molecule has 1 heterocycles. The first-order valence-electron chi connectivity index (χ1n) is 7.07. The standard InChI is InChI=1S/C16H24N2O2/c1-10-15(19)18(5)13-9-12(16(2,3)4)8-11(6-7-17)14(13)20-10/h8-10H,6-7,17H2,1-5H3. The van der Waals surface area contributed by atoms with Gasteiger partial charge in [-0.15, -0.1) is 0 Å². The van der Waals surface area contributed by atoms with Gasteiger partial charge in [-0.1, -0.05) is 26.8 Å². The second kappa shape index (κ2) is 5.09. The van der Waals surface area contributed by atoms with Crippen molar-refractivity contribution < 1.29 is 9.53 Å². The van der Waals surface area contributed by atoms with E-state index in [2.05, 4.69) is 32.9 Å². The summed E-state index contributed by atoms with van der Waals surface area (Å²) in [5, 5.41) is 0. The number of nitrogens with two attached hydrogens (primary N) is 1. The summed E-state index contributed by atoms with van der Waals surface area (Å²) in [6.45, 7) is 8.83. The van der Waals surface area contributed by atoms with E-state index in [1.165, 1.54) is 5.56 Å². The average molecular weight is 276 g/mol. The van der Waals surface area contributed by atoms with Crippen molar-refractivity contribution >= 4 is 11.6 Å². The summed E-state index contributed by atoms with van der Waals surface area (Å²) in [7, 11) is 1.80. The summed E-state index contributed by atoms with van der Waals surface area (Å²) in [5.74, 6) is 0.792. The maximum atomic E-state index is 12.1. The molecule has 2 rings (SSSR count). The molecule has 1 aliphatic heterocycles. The monoisotopic (exact) mass is 276 g/mol. The topological polar surface area (TPSA) is 55.6 Å². The molecule has 20 heavy (non-hydrogen) atoms. The lowest BCUT2D eigenvalue weighted by Crippen LogP contribution is -2.42. The van der Waals surface area contributed by atoms with Gasteiger partial charge >= 0.3 is 0 Å². The number of benzene rings is 1. The molecule has 1 unspecified atom stereocenters. The average Bonchev–Trinajstić information content (AvgIpc) is 2.36. The molecule has 1 aliphatic rings. The zero-order chi connectivity index (χ0) is 15.1. The van der Waals surface area contributed by atoms with E-state index in [1.54, 1.807) is 18.9 Å². The number of hydrogen-bond donors (Lipinski definition) is 1. The van der Waals surface area contributed by atoms with Crippen LogP contribution in [0.15, 0.2) is 12.1 Å². The van der Waals surface area contributed by atoms with Crippen LogP contribution in [0.25, 0.3) is 0 Å². The molecule has 0 saturated heterocycles. The molecule has 2 N–H and O–H groups in total. The molecule has 0 aromatic heterocycles. The number of ether oxygens (including phenoxy) is 1. The van der Waals surface area contributed by atoms with E-state index < -0.39 is 6.10 Å². The lowest BCUT2D eigenvalue weighted by Gasteiger charge is -2.33. The van der Waals surface area contributed by atoms with E-state index in [1.807, 2.05) is 0 Å². The summed E-state index contributed by atoms with van der Waals surface area (Å²) >= 11 is 0. The highest BCUT2D eigenvalue weighted by atomic mass is 16.5. The van der Waals surface area contributed by atoms with Gasteiger partial charge in [-0.25, -0.2) is 0 Å². The fourth-order valence-corrected chi connectivity index (χ4v) is 2.45. The largest absolute Gasteiger partial charge is 0.478 e. The van der Waals surface area contributed by atoms with Crippen LogP contribution >= 0.6 is 0 Å². The Hall–Kier alpha value is -1.55. The second-order valence-electron chi connectivity index (χ2n) is 6.43. The maximum Gasteiger partial charge on any atom is 0.267 e. The molecule has 0 aliphatic carbocycles. The quantitative estimate of drug-likeness (QED) is 0.901. The van der Waals surface area contributed by atoms with E-state index in [0.717, 1.165) is 23.4 Å². The van der Waals surface area contributed by atoms with Gasteiger partial charge in [0.1, 0.15) is 5.75 Å². The van der Waals surface area contributed by atoms with Gasteiger partial charge in [0.2, 0.25) is 0 Å². The van der Waals surface area contributed by atoms with Crippen LogP contribution in [0.1, 0.15) is 38.8 Å². The van der Waals surface area contributed by atoms with E-state index in [-0.39, 0.29) is 11.3 Å². The highest BCUT2D eigenvalue weighted by Gasteiger charge is 2.32. The minimum Gasteiger partial charge on any atom is -0.478 e. The Morgan fingerprint density at radius 2 is 2.00 bits per heavy atom. The van der Waals surface area contributed by atoms with Crippen LogP contribution in [0, 0.1) is 0 Å². The fraction of sp³-hybridized carbons (Fsp3) is 0.562. The van der Waals surface area contributed by atoms with Crippen LogP contribution in [0.3, 0.4) is 0 Å². The molecular weight excluding hydrogens is 252 g/mol. The van der Waals surface area contributed by atoms with Gasteiger partial charge in [-0.05, 0) is 42.5 Å². The highest BCUT2D eigenvalue weighted by Crippen LogP contribution is 2.40. The third kappa shape index (κ3) is 2.52. The molecule has 0 radical (unpaired) electrons. The van der Waals surface area contributed by atoms with Crippen molar-refractivity contribution in [2.24, 2.45) is 5.73 Å². The van der Waals surface area contributed by atoms with Crippen LogP contribution in [-0.4, -0.2) is 25.6 Å². The van der Waals surface area contributed by atoms with Crippen molar-refractivity contribution in [2.75, 3.05) is 18.5 Å². The van der Waals surface area contributed by atoms with E-state index in [9.17, 15) is 4.79 Å². The molecule has 1 aromatic rings. The van der Waals surface area contributed by atoms with Crippen molar-refractivity contribution in [2.45, 2.75) is 45.6 Å². The van der Waals surface area contributed by atoms with Gasteiger partial charge < -0.3 is 15.4 Å². The third-order valence-corrected chi connectivity index (χ3v) is 3.76. The molecule has 1 amide bonds. The number of anilines is 1. The Morgan fingerprint density at radius 1 is 1.35 bits per heavy atom. The molecule has 0 saturated carbocycles. The Balaban J connectivity index is 2.62. The van der Waals surface area contributed by atoms with Gasteiger partial charge in [0.05, 0.1) is 5.69 Å². The van der Waals surface area contributed by atoms with Gasteiger partial charge in [0.15, 0.2) is 6.10 Å². The Kier molecular flexibility index (Phi) is 3.78. The zero-order valence-corrected chi connectivity index (χ0v) is 13.0. The van der Waals surface area contributed by atoms with E-state index in [0.29, 0.717) is 6.54 Å². The maximum absolute atomic E-state index is 12.1. The summed E-state index contributed by atoms with van der Waals surface area (Å²) in [5.41, 5.74) is 8.86.